The van der Waals surface area contributed by atoms with Crippen molar-refractivity contribution in [3.05, 3.63) is 57.4 Å². The van der Waals surface area contributed by atoms with E-state index in [2.05, 4.69) is 4.98 Å². The maximum Gasteiger partial charge on any atom is 0.340 e. The smallest absolute Gasteiger partial charge is 0.340 e. The number of carbonyl (C=O) groups excluding carboxylic acids is 3. The molecule has 2 aromatic rings. The zero-order chi connectivity index (χ0) is 18.7. The van der Waals surface area contributed by atoms with E-state index in [9.17, 15) is 14.4 Å². The summed E-state index contributed by atoms with van der Waals surface area (Å²) in [7, 11) is 1.27. The summed E-state index contributed by atoms with van der Waals surface area (Å²) in [6.07, 6.45) is -1.05. The summed E-state index contributed by atoms with van der Waals surface area (Å²) in [5, 5.41) is 0.243. The minimum atomic E-state index is -1.05. The second-order valence-electron chi connectivity index (χ2n) is 5.51. The molecule has 0 aliphatic heterocycles. The Balaban J connectivity index is 2.22. The van der Waals surface area contributed by atoms with Gasteiger partial charge in [-0.3, -0.25) is 4.79 Å². The summed E-state index contributed by atoms with van der Waals surface area (Å²) >= 11 is 5.96. The topological polar surface area (TPSA) is 85.5 Å². The zero-order valence-electron chi connectivity index (χ0n) is 14.3. The number of benzene rings is 1. The number of rotatable bonds is 5. The van der Waals surface area contributed by atoms with Gasteiger partial charge in [0.05, 0.1) is 29.0 Å². The Morgan fingerprint density at radius 3 is 2.36 bits per heavy atom. The van der Waals surface area contributed by atoms with Gasteiger partial charge in [0.2, 0.25) is 5.78 Å². The molecule has 0 aliphatic carbocycles. The summed E-state index contributed by atoms with van der Waals surface area (Å²) < 4.78 is 9.93. The molecule has 6 nitrogen and oxygen atoms in total. The third-order valence-corrected chi connectivity index (χ3v) is 4.15. The summed E-state index contributed by atoms with van der Waals surface area (Å²) in [4.78, 5) is 39.5. The molecule has 1 N–H and O–H groups in total. The van der Waals surface area contributed by atoms with E-state index < -0.39 is 23.8 Å². The third kappa shape index (κ3) is 3.74. The molecule has 1 heterocycles. The normalized spacial score (nSPS) is 11.7. The lowest BCUT2D eigenvalue weighted by Crippen LogP contribution is -2.25. The molecule has 0 spiro atoms. The molecule has 0 amide bonds. The van der Waals surface area contributed by atoms with Gasteiger partial charge in [-0.05, 0) is 38.5 Å². The minimum absolute atomic E-state index is 0.179. The molecule has 0 saturated heterocycles. The van der Waals surface area contributed by atoms with Gasteiger partial charge in [0.1, 0.15) is 0 Å². The lowest BCUT2D eigenvalue weighted by Gasteiger charge is -2.13. The van der Waals surface area contributed by atoms with E-state index in [1.54, 1.807) is 32.0 Å². The lowest BCUT2D eigenvalue weighted by atomic mass is 10.1. The summed E-state index contributed by atoms with van der Waals surface area (Å²) in [6.45, 7) is 4.76. The number of aromatic nitrogens is 1. The number of aromatic amines is 1. The Bertz CT molecular complexity index is 840. The van der Waals surface area contributed by atoms with E-state index in [0.29, 0.717) is 16.8 Å². The Morgan fingerprint density at radius 1 is 1.12 bits per heavy atom. The minimum Gasteiger partial charge on any atom is -0.465 e. The van der Waals surface area contributed by atoms with Crippen molar-refractivity contribution >= 4 is 29.3 Å². The molecule has 132 valence electrons. The Labute approximate surface area is 150 Å². The van der Waals surface area contributed by atoms with Gasteiger partial charge >= 0.3 is 11.9 Å². The number of halogens is 1. The molecule has 0 radical (unpaired) electrons. The van der Waals surface area contributed by atoms with Crippen LogP contribution in [0.25, 0.3) is 0 Å². The van der Waals surface area contributed by atoms with Gasteiger partial charge in [0.25, 0.3) is 0 Å². The monoisotopic (exact) mass is 363 g/mol. The fraction of sp³-hybridized carbons (Fsp3) is 0.278. The van der Waals surface area contributed by atoms with E-state index in [0.717, 1.165) is 0 Å². The van der Waals surface area contributed by atoms with Crippen molar-refractivity contribution in [1.82, 2.24) is 4.98 Å². The van der Waals surface area contributed by atoms with Crippen molar-refractivity contribution in [3.63, 3.8) is 0 Å². The van der Waals surface area contributed by atoms with Gasteiger partial charge in [-0.2, -0.15) is 0 Å². The van der Waals surface area contributed by atoms with Crippen LogP contribution in [0.3, 0.4) is 0 Å². The number of nitrogens with one attached hydrogen (secondary N) is 1. The maximum absolute atomic E-state index is 12.6. The number of ketones is 1. The molecule has 0 bridgehead atoms. The molecule has 0 fully saturated rings. The Morgan fingerprint density at radius 2 is 1.76 bits per heavy atom. The quantitative estimate of drug-likeness (QED) is 0.649. The highest BCUT2D eigenvalue weighted by Gasteiger charge is 2.27. The predicted octanol–water partition coefficient (Wildman–Crippen LogP) is 3.50. The molecule has 1 atom stereocenters. The summed E-state index contributed by atoms with van der Waals surface area (Å²) in [5.74, 6) is -1.68. The summed E-state index contributed by atoms with van der Waals surface area (Å²) in [6, 6.07) is 6.41. The molecule has 0 aliphatic rings. The van der Waals surface area contributed by atoms with Crippen LogP contribution in [-0.4, -0.2) is 35.9 Å². The largest absolute Gasteiger partial charge is 0.465 e. The predicted molar refractivity (Wildman–Crippen MR) is 92.3 cm³/mol. The first-order valence-corrected chi connectivity index (χ1v) is 7.92. The van der Waals surface area contributed by atoms with E-state index in [4.69, 9.17) is 21.1 Å². The SMILES string of the molecule is COC(=O)c1c(C)[nH]c(C(=O)C(C)OC(=O)c2ccccc2Cl)c1C. The van der Waals surface area contributed by atoms with E-state index in [1.165, 1.54) is 20.1 Å². The molecule has 1 unspecified atom stereocenters. The first-order valence-electron chi connectivity index (χ1n) is 7.55. The van der Waals surface area contributed by atoms with Crippen molar-refractivity contribution in [1.29, 1.82) is 0 Å². The summed E-state index contributed by atoms with van der Waals surface area (Å²) in [5.41, 5.74) is 1.65. The van der Waals surface area contributed by atoms with Gasteiger partial charge in [-0.15, -0.1) is 0 Å². The van der Waals surface area contributed by atoms with Crippen LogP contribution < -0.4 is 0 Å². The number of H-pyrrole nitrogens is 1. The van der Waals surface area contributed by atoms with Gasteiger partial charge < -0.3 is 14.5 Å². The fourth-order valence-corrected chi connectivity index (χ4v) is 2.73. The fourth-order valence-electron chi connectivity index (χ4n) is 2.51. The van der Waals surface area contributed by atoms with Crippen LogP contribution in [0.15, 0.2) is 24.3 Å². The van der Waals surface area contributed by atoms with Gasteiger partial charge in [0.15, 0.2) is 6.10 Å². The number of hydrogen-bond donors (Lipinski definition) is 1. The average Bonchev–Trinajstić information content (AvgIpc) is 2.88. The number of Topliss-reactive ketones (excluding diaryl/α,β-unsaturated/α-hetero) is 1. The van der Waals surface area contributed by atoms with E-state index in [1.807, 2.05) is 0 Å². The number of hydrogen-bond acceptors (Lipinski definition) is 5. The highest BCUT2D eigenvalue weighted by Crippen LogP contribution is 2.22. The van der Waals surface area contributed by atoms with Crippen molar-refractivity contribution in [2.24, 2.45) is 0 Å². The molecule has 1 aromatic heterocycles. The first-order chi connectivity index (χ1) is 11.8. The molecule has 2 rings (SSSR count). The molecule has 1 aromatic carbocycles. The van der Waals surface area contributed by atoms with Crippen molar-refractivity contribution in [2.45, 2.75) is 26.9 Å². The highest BCUT2D eigenvalue weighted by atomic mass is 35.5. The lowest BCUT2D eigenvalue weighted by molar-refractivity contribution is 0.0317. The second kappa shape index (κ2) is 7.53. The van der Waals surface area contributed by atoms with Crippen LogP contribution in [0.1, 0.15) is 49.4 Å². The number of methoxy groups -OCH3 is 1. The van der Waals surface area contributed by atoms with Crippen LogP contribution in [0.5, 0.6) is 0 Å². The zero-order valence-corrected chi connectivity index (χ0v) is 15.1. The van der Waals surface area contributed by atoms with Crippen LogP contribution in [-0.2, 0) is 9.47 Å². The Kier molecular flexibility index (Phi) is 5.64. The number of carbonyl (C=O) groups is 3. The highest BCUT2D eigenvalue weighted by molar-refractivity contribution is 6.33. The maximum atomic E-state index is 12.6. The van der Waals surface area contributed by atoms with E-state index >= 15 is 0 Å². The first kappa shape index (κ1) is 18.7. The van der Waals surface area contributed by atoms with Gasteiger partial charge in [-0.25, -0.2) is 9.59 Å². The molecule has 7 heteroatoms. The third-order valence-electron chi connectivity index (χ3n) is 3.82. The van der Waals surface area contributed by atoms with Gasteiger partial charge in [-0.1, -0.05) is 23.7 Å². The van der Waals surface area contributed by atoms with Crippen LogP contribution in [0, 0.1) is 13.8 Å². The molecular weight excluding hydrogens is 346 g/mol. The molecule has 0 saturated carbocycles. The van der Waals surface area contributed by atoms with Crippen molar-refractivity contribution in [2.75, 3.05) is 7.11 Å². The van der Waals surface area contributed by atoms with Crippen molar-refractivity contribution < 1.29 is 23.9 Å². The van der Waals surface area contributed by atoms with Gasteiger partial charge in [0, 0.05) is 5.69 Å². The standard InChI is InChI=1S/C18H18ClNO5/c1-9-14(18(23)24-4)10(2)20-15(9)16(21)11(3)25-17(22)12-7-5-6-8-13(12)19/h5-8,11,20H,1-4H3. The number of ether oxygens (including phenoxy) is 2. The number of esters is 2. The molecule has 25 heavy (non-hydrogen) atoms. The molecular formula is C18H18ClNO5. The van der Waals surface area contributed by atoms with Crippen LogP contribution in [0.2, 0.25) is 5.02 Å². The van der Waals surface area contributed by atoms with Crippen molar-refractivity contribution in [3.8, 4) is 0 Å². The Hall–Kier alpha value is -2.60. The average molecular weight is 364 g/mol. The number of aryl methyl sites for hydroxylation is 1. The van der Waals surface area contributed by atoms with Crippen LogP contribution in [0.4, 0.5) is 0 Å². The van der Waals surface area contributed by atoms with Crippen LogP contribution >= 0.6 is 11.6 Å². The van der Waals surface area contributed by atoms with E-state index in [-0.39, 0.29) is 16.3 Å². The second-order valence-corrected chi connectivity index (χ2v) is 5.92.